The van der Waals surface area contributed by atoms with Gasteiger partial charge in [-0.05, 0) is 67.6 Å². The van der Waals surface area contributed by atoms with Crippen LogP contribution < -0.4 is 14.8 Å². The Kier molecular flexibility index (Phi) is 6.13. The van der Waals surface area contributed by atoms with Crippen LogP contribution in [-0.4, -0.2) is 20.9 Å². The van der Waals surface area contributed by atoms with Crippen LogP contribution in [0.15, 0.2) is 77.7 Å². The molecule has 0 bridgehead atoms. The first kappa shape index (κ1) is 20.3. The van der Waals surface area contributed by atoms with E-state index >= 15 is 0 Å². The van der Waals surface area contributed by atoms with Crippen LogP contribution >= 0.6 is 0 Å². The van der Waals surface area contributed by atoms with Crippen LogP contribution in [0.4, 0.5) is 15.8 Å². The van der Waals surface area contributed by atoms with E-state index in [0.717, 1.165) is 0 Å². The first-order chi connectivity index (χ1) is 13.9. The lowest BCUT2D eigenvalue weighted by Crippen LogP contribution is -2.15. The average molecular weight is 414 g/mol. The Hall–Kier alpha value is -3.39. The number of hydrogen-bond acceptors (Lipinski definition) is 4. The zero-order chi connectivity index (χ0) is 20.9. The van der Waals surface area contributed by atoms with E-state index in [-0.39, 0.29) is 16.1 Å². The number of hydrogen-bond donors (Lipinski definition) is 2. The molecular formula is C21H19FN2O4S. The van der Waals surface area contributed by atoms with Crippen molar-refractivity contribution in [1.29, 1.82) is 0 Å². The molecule has 3 aromatic rings. The molecule has 0 aliphatic heterocycles. The van der Waals surface area contributed by atoms with Gasteiger partial charge in [0.05, 0.1) is 11.5 Å². The molecule has 0 aliphatic rings. The van der Waals surface area contributed by atoms with Crippen LogP contribution in [0, 0.1) is 5.82 Å². The molecule has 0 aliphatic carbocycles. The molecular weight excluding hydrogens is 395 g/mol. The largest absolute Gasteiger partial charge is 0.494 e. The molecule has 1 amide bonds. The Morgan fingerprint density at radius 2 is 1.66 bits per heavy atom. The normalized spacial score (nSPS) is 11.0. The van der Waals surface area contributed by atoms with Gasteiger partial charge in [0, 0.05) is 16.9 Å². The van der Waals surface area contributed by atoms with Gasteiger partial charge in [-0.15, -0.1) is 0 Å². The van der Waals surface area contributed by atoms with Crippen LogP contribution in [0.25, 0.3) is 0 Å². The highest BCUT2D eigenvalue weighted by molar-refractivity contribution is 7.92. The van der Waals surface area contributed by atoms with Crippen molar-refractivity contribution in [3.05, 3.63) is 84.2 Å². The summed E-state index contributed by atoms with van der Waals surface area (Å²) in [6, 6.07) is 17.5. The van der Waals surface area contributed by atoms with E-state index in [9.17, 15) is 17.6 Å². The number of benzene rings is 3. The lowest BCUT2D eigenvalue weighted by atomic mass is 10.2. The molecule has 0 heterocycles. The number of amides is 1. The van der Waals surface area contributed by atoms with E-state index in [2.05, 4.69) is 10.0 Å². The van der Waals surface area contributed by atoms with Crippen molar-refractivity contribution in [3.8, 4) is 5.75 Å². The van der Waals surface area contributed by atoms with Crippen LogP contribution in [0.3, 0.4) is 0 Å². The van der Waals surface area contributed by atoms with Crippen LogP contribution in [-0.2, 0) is 10.0 Å². The predicted molar refractivity (Wildman–Crippen MR) is 109 cm³/mol. The van der Waals surface area contributed by atoms with Gasteiger partial charge in [-0.3, -0.25) is 9.52 Å². The Balaban J connectivity index is 1.75. The van der Waals surface area contributed by atoms with Gasteiger partial charge in [-0.25, -0.2) is 12.8 Å². The van der Waals surface area contributed by atoms with Crippen molar-refractivity contribution in [3.63, 3.8) is 0 Å². The lowest BCUT2D eigenvalue weighted by molar-refractivity contribution is 0.102. The third kappa shape index (κ3) is 5.32. The summed E-state index contributed by atoms with van der Waals surface area (Å²) in [7, 11) is -3.84. The average Bonchev–Trinajstić information content (AvgIpc) is 2.68. The number of halogens is 1. The molecule has 0 saturated heterocycles. The molecule has 3 aromatic carbocycles. The number of carbonyl (C=O) groups is 1. The summed E-state index contributed by atoms with van der Waals surface area (Å²) >= 11 is 0. The molecule has 8 heteroatoms. The maximum absolute atomic E-state index is 13.3. The first-order valence-corrected chi connectivity index (χ1v) is 10.3. The van der Waals surface area contributed by atoms with Gasteiger partial charge >= 0.3 is 0 Å². The summed E-state index contributed by atoms with van der Waals surface area (Å²) in [4.78, 5) is 12.5. The zero-order valence-electron chi connectivity index (χ0n) is 15.6. The third-order valence-corrected chi connectivity index (χ3v) is 5.30. The van der Waals surface area contributed by atoms with E-state index < -0.39 is 21.7 Å². The molecule has 6 nitrogen and oxygen atoms in total. The number of carbonyl (C=O) groups excluding carboxylic acids is 1. The summed E-state index contributed by atoms with van der Waals surface area (Å²) < 4.78 is 46.2. The molecule has 0 fully saturated rings. The van der Waals surface area contributed by atoms with Crippen molar-refractivity contribution in [2.45, 2.75) is 11.8 Å². The van der Waals surface area contributed by atoms with E-state index in [1.165, 1.54) is 48.5 Å². The predicted octanol–water partition coefficient (Wildman–Crippen LogP) is 4.28. The van der Waals surface area contributed by atoms with Crippen LogP contribution in [0.1, 0.15) is 17.3 Å². The Morgan fingerprint density at radius 1 is 0.966 bits per heavy atom. The van der Waals surface area contributed by atoms with E-state index in [4.69, 9.17) is 4.74 Å². The molecule has 0 atom stereocenters. The molecule has 0 saturated carbocycles. The van der Waals surface area contributed by atoms with Gasteiger partial charge in [-0.1, -0.05) is 12.1 Å². The molecule has 150 valence electrons. The minimum Gasteiger partial charge on any atom is -0.494 e. The van der Waals surface area contributed by atoms with E-state index in [1.807, 2.05) is 6.92 Å². The highest BCUT2D eigenvalue weighted by Gasteiger charge is 2.15. The summed E-state index contributed by atoms with van der Waals surface area (Å²) in [5.74, 6) is -0.389. The SMILES string of the molecule is CCOc1ccc(S(=O)(=O)Nc2cccc(C(=O)Nc3cccc(F)c3)c2)cc1. The topological polar surface area (TPSA) is 84.5 Å². The number of sulfonamides is 1. The van der Waals surface area contributed by atoms with Crippen LogP contribution in [0.5, 0.6) is 5.75 Å². The number of rotatable bonds is 7. The molecule has 3 rings (SSSR count). The van der Waals surface area contributed by atoms with Crippen molar-refractivity contribution in [2.75, 3.05) is 16.6 Å². The van der Waals surface area contributed by atoms with Gasteiger partial charge in [-0.2, -0.15) is 0 Å². The summed E-state index contributed by atoms with van der Waals surface area (Å²) in [5, 5.41) is 2.57. The smallest absolute Gasteiger partial charge is 0.261 e. The second-order valence-electron chi connectivity index (χ2n) is 6.06. The molecule has 2 N–H and O–H groups in total. The standard InChI is InChI=1S/C21H19FN2O4S/c1-2-28-19-9-11-20(12-10-19)29(26,27)24-18-8-3-5-15(13-18)21(25)23-17-7-4-6-16(22)14-17/h3-14,24H,2H2,1H3,(H,23,25). The van der Waals surface area contributed by atoms with Gasteiger partial charge in [0.1, 0.15) is 11.6 Å². The molecule has 0 aromatic heterocycles. The second-order valence-corrected chi connectivity index (χ2v) is 7.74. The minimum absolute atomic E-state index is 0.0653. The second kappa shape index (κ2) is 8.74. The Morgan fingerprint density at radius 3 is 2.34 bits per heavy atom. The Labute approximate surface area is 168 Å². The summed E-state index contributed by atoms with van der Waals surface area (Å²) in [6.45, 7) is 2.32. The van der Waals surface area contributed by atoms with Gasteiger partial charge in [0.25, 0.3) is 15.9 Å². The highest BCUT2D eigenvalue weighted by atomic mass is 32.2. The summed E-state index contributed by atoms with van der Waals surface area (Å²) in [5.41, 5.74) is 0.752. The Bertz CT molecular complexity index is 1120. The fraction of sp³-hybridized carbons (Fsp3) is 0.0952. The molecule has 29 heavy (non-hydrogen) atoms. The van der Waals surface area contributed by atoms with Gasteiger partial charge in [0.15, 0.2) is 0 Å². The number of nitrogens with one attached hydrogen (secondary N) is 2. The maximum atomic E-state index is 13.3. The highest BCUT2D eigenvalue weighted by Crippen LogP contribution is 2.20. The van der Waals surface area contributed by atoms with Crippen molar-refractivity contribution >= 4 is 27.3 Å². The minimum atomic E-state index is -3.84. The number of ether oxygens (including phenoxy) is 1. The molecule has 0 spiro atoms. The zero-order valence-corrected chi connectivity index (χ0v) is 16.4. The van der Waals surface area contributed by atoms with Gasteiger partial charge < -0.3 is 10.1 Å². The van der Waals surface area contributed by atoms with Gasteiger partial charge in [0.2, 0.25) is 0 Å². The van der Waals surface area contributed by atoms with E-state index in [0.29, 0.717) is 18.0 Å². The third-order valence-electron chi connectivity index (χ3n) is 3.90. The van der Waals surface area contributed by atoms with Crippen molar-refractivity contribution in [2.24, 2.45) is 0 Å². The molecule has 0 radical (unpaired) electrons. The first-order valence-electron chi connectivity index (χ1n) is 8.80. The lowest BCUT2D eigenvalue weighted by Gasteiger charge is -2.11. The molecule has 0 unspecified atom stereocenters. The van der Waals surface area contributed by atoms with E-state index in [1.54, 1.807) is 24.3 Å². The van der Waals surface area contributed by atoms with Crippen molar-refractivity contribution in [1.82, 2.24) is 0 Å². The fourth-order valence-corrected chi connectivity index (χ4v) is 3.64. The maximum Gasteiger partial charge on any atom is 0.261 e. The summed E-state index contributed by atoms with van der Waals surface area (Å²) in [6.07, 6.45) is 0. The fourth-order valence-electron chi connectivity index (χ4n) is 2.59. The van der Waals surface area contributed by atoms with Crippen molar-refractivity contribution < 1.29 is 22.3 Å². The monoisotopic (exact) mass is 414 g/mol. The van der Waals surface area contributed by atoms with Crippen LogP contribution in [0.2, 0.25) is 0 Å². The number of anilines is 2. The quantitative estimate of drug-likeness (QED) is 0.604.